The molecule has 1 heterocycles. The van der Waals surface area contributed by atoms with E-state index in [9.17, 15) is 9.59 Å². The van der Waals surface area contributed by atoms with Crippen LogP contribution in [0.3, 0.4) is 0 Å². The second kappa shape index (κ2) is 6.19. The van der Waals surface area contributed by atoms with Crippen LogP contribution >= 0.6 is 11.8 Å². The minimum Gasteiger partial charge on any atom is -0.468 e. The number of esters is 2. The third-order valence-corrected chi connectivity index (χ3v) is 2.68. The minimum absolute atomic E-state index is 0.267. The number of carbonyl (C=O) groups is 2. The molecule has 92 valence electrons. The van der Waals surface area contributed by atoms with Crippen molar-refractivity contribution in [2.75, 3.05) is 20.5 Å². The average Bonchev–Trinajstić information content (AvgIpc) is 2.38. The third-order valence-electron chi connectivity index (χ3n) is 2.04. The van der Waals surface area contributed by atoms with Gasteiger partial charge in [-0.2, -0.15) is 0 Å². The predicted octanol–water partition coefficient (Wildman–Crippen LogP) is 0.628. The van der Waals surface area contributed by atoms with Gasteiger partial charge in [-0.1, -0.05) is 0 Å². The van der Waals surface area contributed by atoms with E-state index in [2.05, 4.69) is 19.4 Å². The van der Waals surface area contributed by atoms with Crippen molar-refractivity contribution < 1.29 is 19.1 Å². The molecule has 17 heavy (non-hydrogen) atoms. The second-order valence-electron chi connectivity index (χ2n) is 2.96. The number of ether oxygens (including phenoxy) is 2. The van der Waals surface area contributed by atoms with Gasteiger partial charge in [-0.05, 0) is 12.3 Å². The lowest BCUT2D eigenvalue weighted by atomic mass is 10.1. The molecule has 0 aliphatic heterocycles. The van der Waals surface area contributed by atoms with E-state index in [1.165, 1.54) is 32.3 Å². The first-order valence-electron chi connectivity index (χ1n) is 4.65. The molecular weight excluding hydrogens is 244 g/mol. The molecule has 1 aromatic heterocycles. The van der Waals surface area contributed by atoms with Gasteiger partial charge in [0, 0.05) is 0 Å². The van der Waals surface area contributed by atoms with E-state index >= 15 is 0 Å². The Morgan fingerprint density at radius 2 is 1.82 bits per heavy atom. The van der Waals surface area contributed by atoms with Crippen LogP contribution in [0.15, 0.2) is 17.4 Å². The highest BCUT2D eigenvalue weighted by atomic mass is 32.2. The van der Waals surface area contributed by atoms with Crippen LogP contribution < -0.4 is 0 Å². The van der Waals surface area contributed by atoms with E-state index in [4.69, 9.17) is 0 Å². The third kappa shape index (κ3) is 3.16. The van der Waals surface area contributed by atoms with E-state index in [0.29, 0.717) is 5.03 Å². The lowest BCUT2D eigenvalue weighted by molar-refractivity contribution is -0.154. The molecule has 6 nitrogen and oxygen atoms in total. The maximum atomic E-state index is 11.5. The van der Waals surface area contributed by atoms with Gasteiger partial charge in [0.15, 0.2) is 5.92 Å². The number of carbonyl (C=O) groups excluding carboxylic acids is 2. The second-order valence-corrected chi connectivity index (χ2v) is 3.79. The van der Waals surface area contributed by atoms with Gasteiger partial charge in [0.2, 0.25) is 0 Å². The predicted molar refractivity (Wildman–Crippen MR) is 60.6 cm³/mol. The van der Waals surface area contributed by atoms with Crippen LogP contribution in [0.1, 0.15) is 11.6 Å². The van der Waals surface area contributed by atoms with Gasteiger partial charge in [0.25, 0.3) is 0 Å². The average molecular weight is 256 g/mol. The summed E-state index contributed by atoms with van der Waals surface area (Å²) in [6, 6.07) is 1.56. The van der Waals surface area contributed by atoms with Gasteiger partial charge in [0.1, 0.15) is 6.33 Å². The summed E-state index contributed by atoms with van der Waals surface area (Å²) >= 11 is 1.38. The Hall–Kier alpha value is -1.63. The Bertz CT molecular complexity index is 409. The Morgan fingerprint density at radius 3 is 2.29 bits per heavy atom. The van der Waals surface area contributed by atoms with Gasteiger partial charge < -0.3 is 9.47 Å². The summed E-state index contributed by atoms with van der Waals surface area (Å²) in [6.45, 7) is 0. The van der Waals surface area contributed by atoms with Crippen LogP contribution in [0.4, 0.5) is 0 Å². The number of aromatic nitrogens is 2. The van der Waals surface area contributed by atoms with Crippen molar-refractivity contribution in [3.63, 3.8) is 0 Å². The zero-order valence-corrected chi connectivity index (χ0v) is 10.5. The SMILES string of the molecule is COC(=O)C(C(=O)OC)c1cc(SC)ncn1. The normalized spacial score (nSPS) is 10.1. The van der Waals surface area contributed by atoms with Gasteiger partial charge in [-0.3, -0.25) is 9.59 Å². The Kier molecular flexibility index (Phi) is 4.89. The Labute approximate surface area is 103 Å². The van der Waals surface area contributed by atoms with Gasteiger partial charge in [0.05, 0.1) is 24.9 Å². The van der Waals surface area contributed by atoms with E-state index in [0.717, 1.165) is 0 Å². The van der Waals surface area contributed by atoms with E-state index in [-0.39, 0.29) is 5.69 Å². The highest BCUT2D eigenvalue weighted by Crippen LogP contribution is 2.20. The molecule has 7 heteroatoms. The molecule has 0 unspecified atom stereocenters. The zero-order valence-electron chi connectivity index (χ0n) is 9.67. The first-order chi connectivity index (χ1) is 8.13. The van der Waals surface area contributed by atoms with Crippen LogP contribution in [-0.4, -0.2) is 42.4 Å². The standard InChI is InChI=1S/C10H12N2O4S/c1-15-9(13)8(10(14)16-2)6-4-7(17-3)12-5-11-6/h4-5,8H,1-3H3. The molecule has 1 rings (SSSR count). The van der Waals surface area contributed by atoms with Crippen LogP contribution in [0, 0.1) is 0 Å². The summed E-state index contributed by atoms with van der Waals surface area (Å²) < 4.78 is 9.11. The first kappa shape index (κ1) is 13.4. The molecule has 0 saturated carbocycles. The highest BCUT2D eigenvalue weighted by Gasteiger charge is 2.32. The monoisotopic (exact) mass is 256 g/mol. The zero-order chi connectivity index (χ0) is 12.8. The lowest BCUT2D eigenvalue weighted by Crippen LogP contribution is -2.25. The number of hydrogen-bond donors (Lipinski definition) is 0. The molecule has 0 aliphatic carbocycles. The summed E-state index contributed by atoms with van der Waals surface area (Å²) in [7, 11) is 2.41. The first-order valence-corrected chi connectivity index (χ1v) is 5.88. The summed E-state index contributed by atoms with van der Waals surface area (Å²) in [5.41, 5.74) is 0.267. The van der Waals surface area contributed by atoms with Crippen LogP contribution in [0.25, 0.3) is 0 Å². The molecule has 0 fully saturated rings. The fraction of sp³-hybridized carbons (Fsp3) is 0.400. The maximum Gasteiger partial charge on any atom is 0.326 e. The van der Waals surface area contributed by atoms with Crippen molar-refractivity contribution in [1.82, 2.24) is 9.97 Å². The summed E-state index contributed by atoms with van der Waals surface area (Å²) in [6.07, 6.45) is 3.12. The highest BCUT2D eigenvalue weighted by molar-refractivity contribution is 7.98. The fourth-order valence-electron chi connectivity index (χ4n) is 1.20. The van der Waals surface area contributed by atoms with Crippen molar-refractivity contribution in [2.24, 2.45) is 0 Å². The molecule has 0 spiro atoms. The molecule has 0 bridgehead atoms. The number of methoxy groups -OCH3 is 2. The quantitative estimate of drug-likeness (QED) is 0.338. The van der Waals surface area contributed by atoms with Crippen LogP contribution in [0.5, 0.6) is 0 Å². The molecule has 0 saturated heterocycles. The van der Waals surface area contributed by atoms with E-state index < -0.39 is 17.9 Å². The van der Waals surface area contributed by atoms with Crippen LogP contribution in [-0.2, 0) is 19.1 Å². The summed E-state index contributed by atoms with van der Waals surface area (Å²) in [5, 5.41) is 0.660. The maximum absolute atomic E-state index is 11.5. The molecule has 1 aromatic rings. The number of rotatable bonds is 4. The smallest absolute Gasteiger partial charge is 0.326 e. The van der Waals surface area contributed by atoms with E-state index in [1.54, 1.807) is 6.07 Å². The minimum atomic E-state index is -1.17. The number of hydrogen-bond acceptors (Lipinski definition) is 7. The van der Waals surface area contributed by atoms with Crippen molar-refractivity contribution in [3.05, 3.63) is 18.1 Å². The Balaban J connectivity index is 3.12. The number of thioether (sulfide) groups is 1. The molecule has 0 aromatic carbocycles. The molecule has 0 amide bonds. The molecule has 0 atom stereocenters. The summed E-state index contributed by atoms with van der Waals surface area (Å²) in [4.78, 5) is 30.9. The largest absolute Gasteiger partial charge is 0.468 e. The van der Waals surface area contributed by atoms with Crippen molar-refractivity contribution in [1.29, 1.82) is 0 Å². The van der Waals surface area contributed by atoms with Crippen molar-refractivity contribution in [2.45, 2.75) is 10.9 Å². The van der Waals surface area contributed by atoms with E-state index in [1.807, 2.05) is 6.26 Å². The van der Waals surface area contributed by atoms with Crippen LogP contribution in [0.2, 0.25) is 0 Å². The topological polar surface area (TPSA) is 78.4 Å². The Morgan fingerprint density at radius 1 is 1.24 bits per heavy atom. The van der Waals surface area contributed by atoms with Gasteiger partial charge >= 0.3 is 11.9 Å². The summed E-state index contributed by atoms with van der Waals surface area (Å²) in [5.74, 6) is -2.58. The molecule has 0 aliphatic rings. The molecule has 0 N–H and O–H groups in total. The fourth-order valence-corrected chi connectivity index (χ4v) is 1.59. The van der Waals surface area contributed by atoms with Crippen molar-refractivity contribution >= 4 is 23.7 Å². The van der Waals surface area contributed by atoms with Gasteiger partial charge in [-0.15, -0.1) is 11.8 Å². The lowest BCUT2D eigenvalue weighted by Gasteiger charge is -2.11. The van der Waals surface area contributed by atoms with Gasteiger partial charge in [-0.25, -0.2) is 9.97 Å². The van der Waals surface area contributed by atoms with Crippen molar-refractivity contribution in [3.8, 4) is 0 Å². The molecule has 0 radical (unpaired) electrons. The number of nitrogens with zero attached hydrogens (tertiary/aromatic N) is 2. The molecular formula is C10H12N2O4S.